The number of carbonyl (C=O) groups excluding carboxylic acids is 1. The molecule has 0 N–H and O–H groups in total. The van der Waals surface area contributed by atoms with Crippen LogP contribution in [-0.2, 0) is 11.3 Å². The molecule has 0 saturated heterocycles. The van der Waals surface area contributed by atoms with Crippen LogP contribution in [0.3, 0.4) is 0 Å². The van der Waals surface area contributed by atoms with Crippen LogP contribution in [0.1, 0.15) is 31.2 Å². The maximum atomic E-state index is 12.8. The zero-order valence-electron chi connectivity index (χ0n) is 13.1. The molecule has 1 aliphatic rings. The number of thiophene rings is 1. The summed E-state index contributed by atoms with van der Waals surface area (Å²) < 4.78 is 49.3. The summed E-state index contributed by atoms with van der Waals surface area (Å²) >= 11 is 1.11. The third-order valence-electron chi connectivity index (χ3n) is 3.08. The summed E-state index contributed by atoms with van der Waals surface area (Å²) in [6.45, 7) is 8.86. The number of amides is 1. The Morgan fingerprint density at radius 3 is 2.61 bits per heavy atom. The molecular formula is C15H18F3NO3S. The van der Waals surface area contributed by atoms with Crippen LogP contribution >= 0.6 is 11.3 Å². The first-order valence-electron chi connectivity index (χ1n) is 6.96. The highest BCUT2D eigenvalue weighted by atomic mass is 32.1. The van der Waals surface area contributed by atoms with Crippen LogP contribution in [0, 0.1) is 0 Å². The monoisotopic (exact) mass is 349 g/mol. The fourth-order valence-electron chi connectivity index (χ4n) is 2.01. The molecule has 8 heteroatoms. The number of nitrogens with zero attached hydrogens (tertiary/aromatic N) is 1. The minimum Gasteiger partial charge on any atom is -0.490 e. The second-order valence-corrected chi connectivity index (χ2v) is 7.09. The van der Waals surface area contributed by atoms with Gasteiger partial charge in [-0.3, -0.25) is 4.90 Å². The molecule has 0 bridgehead atoms. The van der Waals surface area contributed by atoms with Gasteiger partial charge >= 0.3 is 12.3 Å². The molecule has 1 aromatic heterocycles. The van der Waals surface area contributed by atoms with Crippen molar-refractivity contribution in [2.24, 2.45) is 0 Å². The van der Waals surface area contributed by atoms with E-state index in [2.05, 4.69) is 6.58 Å². The van der Waals surface area contributed by atoms with Crippen molar-refractivity contribution in [2.75, 3.05) is 13.2 Å². The smallest absolute Gasteiger partial charge is 0.416 e. The first-order chi connectivity index (χ1) is 10.5. The first kappa shape index (κ1) is 17.7. The normalized spacial score (nSPS) is 15.5. The molecule has 2 rings (SSSR count). The van der Waals surface area contributed by atoms with E-state index in [1.165, 1.54) is 10.3 Å². The van der Waals surface area contributed by atoms with Crippen LogP contribution in [0.5, 0.6) is 5.75 Å². The number of fused-ring (bicyclic) bond motifs is 1. The van der Waals surface area contributed by atoms with E-state index in [0.29, 0.717) is 4.88 Å². The molecule has 128 valence electrons. The van der Waals surface area contributed by atoms with Gasteiger partial charge in [-0.1, -0.05) is 6.58 Å². The summed E-state index contributed by atoms with van der Waals surface area (Å²) in [4.78, 5) is 14.1. The predicted octanol–water partition coefficient (Wildman–Crippen LogP) is 4.45. The largest absolute Gasteiger partial charge is 0.490 e. The Bertz CT molecular complexity index is 616. The Hall–Kier alpha value is -1.70. The van der Waals surface area contributed by atoms with Gasteiger partial charge in [-0.2, -0.15) is 13.2 Å². The fraction of sp³-hybridized carbons (Fsp3) is 0.533. The molecule has 0 unspecified atom stereocenters. The van der Waals surface area contributed by atoms with Crippen LogP contribution in [-0.4, -0.2) is 35.9 Å². The van der Waals surface area contributed by atoms with Crippen molar-refractivity contribution in [1.82, 2.24) is 4.90 Å². The van der Waals surface area contributed by atoms with E-state index >= 15 is 0 Å². The number of alkyl halides is 3. The molecule has 0 atom stereocenters. The van der Waals surface area contributed by atoms with E-state index in [0.717, 1.165) is 11.3 Å². The lowest BCUT2D eigenvalue weighted by atomic mass is 10.1. The van der Waals surface area contributed by atoms with E-state index in [1.807, 2.05) is 0 Å². The Morgan fingerprint density at radius 1 is 1.39 bits per heavy atom. The average molecular weight is 349 g/mol. The molecule has 0 spiro atoms. The van der Waals surface area contributed by atoms with Gasteiger partial charge in [0.2, 0.25) is 0 Å². The van der Waals surface area contributed by atoms with Gasteiger partial charge in [-0.05, 0) is 20.8 Å². The first-order valence-corrected chi connectivity index (χ1v) is 7.84. The van der Waals surface area contributed by atoms with Crippen LogP contribution in [0.2, 0.25) is 0 Å². The molecule has 2 heterocycles. The molecule has 0 aromatic carbocycles. The molecule has 4 nitrogen and oxygen atoms in total. The highest BCUT2D eigenvalue weighted by molar-refractivity contribution is 7.10. The number of hydrogen-bond donors (Lipinski definition) is 0. The Morgan fingerprint density at radius 2 is 2.04 bits per heavy atom. The van der Waals surface area contributed by atoms with Gasteiger partial charge in [-0.15, -0.1) is 11.3 Å². The number of carbonyl (C=O) groups is 1. The van der Waals surface area contributed by atoms with Crippen LogP contribution in [0.4, 0.5) is 18.0 Å². The number of rotatable bonds is 1. The fourth-order valence-corrected chi connectivity index (χ4v) is 3.02. The second-order valence-electron chi connectivity index (χ2n) is 6.13. The minimum atomic E-state index is -4.52. The van der Waals surface area contributed by atoms with Gasteiger partial charge in [0.05, 0.1) is 23.5 Å². The van der Waals surface area contributed by atoms with E-state index in [9.17, 15) is 18.0 Å². The van der Waals surface area contributed by atoms with E-state index in [1.54, 1.807) is 20.8 Å². The number of hydrogen-bond acceptors (Lipinski definition) is 4. The summed E-state index contributed by atoms with van der Waals surface area (Å²) in [5, 5.41) is 1.36. The Balaban J connectivity index is 2.21. The predicted molar refractivity (Wildman–Crippen MR) is 81.5 cm³/mol. The number of halogens is 3. The maximum Gasteiger partial charge on any atom is 0.416 e. The molecular weight excluding hydrogens is 331 g/mol. The average Bonchev–Trinajstić information content (AvgIpc) is 2.64. The van der Waals surface area contributed by atoms with Crippen molar-refractivity contribution in [3.63, 3.8) is 0 Å². The zero-order chi connectivity index (χ0) is 17.4. The molecule has 0 saturated carbocycles. The molecule has 1 aliphatic heterocycles. The Kier molecular flexibility index (Phi) is 4.66. The lowest BCUT2D eigenvalue weighted by Crippen LogP contribution is -2.37. The summed E-state index contributed by atoms with van der Waals surface area (Å²) in [6, 6.07) is 0. The number of allylic oxidation sites excluding steroid dienone is 1. The van der Waals surface area contributed by atoms with Crippen molar-refractivity contribution in [1.29, 1.82) is 0 Å². The van der Waals surface area contributed by atoms with Gasteiger partial charge in [0.25, 0.3) is 0 Å². The molecule has 0 radical (unpaired) electrons. The lowest BCUT2D eigenvalue weighted by Gasteiger charge is -2.25. The van der Waals surface area contributed by atoms with Gasteiger partial charge in [0.15, 0.2) is 0 Å². The third kappa shape index (κ3) is 4.19. The van der Waals surface area contributed by atoms with Gasteiger partial charge in [-0.25, -0.2) is 4.79 Å². The SMILES string of the molecule is C=C(c1csc2c1OCCN(C(=O)OC(C)(C)C)C2)C(F)(F)F. The van der Waals surface area contributed by atoms with E-state index < -0.39 is 23.4 Å². The van der Waals surface area contributed by atoms with Crippen molar-refractivity contribution in [2.45, 2.75) is 39.1 Å². The summed E-state index contributed by atoms with van der Waals surface area (Å²) in [5.41, 5.74) is -1.65. The van der Waals surface area contributed by atoms with Gasteiger partial charge < -0.3 is 9.47 Å². The third-order valence-corrected chi connectivity index (χ3v) is 4.03. The highest BCUT2D eigenvalue weighted by Crippen LogP contribution is 2.43. The molecule has 0 fully saturated rings. The van der Waals surface area contributed by atoms with Gasteiger partial charge in [0, 0.05) is 10.9 Å². The summed E-state index contributed by atoms with van der Waals surface area (Å²) in [7, 11) is 0. The molecule has 1 aromatic rings. The molecule has 0 aliphatic carbocycles. The summed E-state index contributed by atoms with van der Waals surface area (Å²) in [5.74, 6) is 0.156. The summed E-state index contributed by atoms with van der Waals surface area (Å²) in [6.07, 6.45) is -5.03. The van der Waals surface area contributed by atoms with Crippen molar-refractivity contribution >= 4 is 23.0 Å². The second kappa shape index (κ2) is 6.07. The minimum absolute atomic E-state index is 0.0662. The molecule has 23 heavy (non-hydrogen) atoms. The van der Waals surface area contributed by atoms with E-state index in [-0.39, 0.29) is 31.0 Å². The van der Waals surface area contributed by atoms with E-state index in [4.69, 9.17) is 9.47 Å². The lowest BCUT2D eigenvalue weighted by molar-refractivity contribution is -0.0687. The maximum absolute atomic E-state index is 12.8. The van der Waals surface area contributed by atoms with Crippen molar-refractivity contribution in [3.05, 3.63) is 22.4 Å². The zero-order valence-corrected chi connectivity index (χ0v) is 13.9. The topological polar surface area (TPSA) is 38.8 Å². The molecule has 1 amide bonds. The number of ether oxygens (including phenoxy) is 2. The van der Waals surface area contributed by atoms with Crippen molar-refractivity contribution < 1.29 is 27.4 Å². The van der Waals surface area contributed by atoms with Crippen LogP contribution in [0.25, 0.3) is 5.57 Å². The quantitative estimate of drug-likeness (QED) is 0.752. The highest BCUT2D eigenvalue weighted by Gasteiger charge is 2.37. The van der Waals surface area contributed by atoms with Crippen LogP contribution in [0.15, 0.2) is 12.0 Å². The van der Waals surface area contributed by atoms with Crippen molar-refractivity contribution in [3.8, 4) is 5.75 Å². The van der Waals surface area contributed by atoms with Crippen LogP contribution < -0.4 is 4.74 Å². The standard InChI is InChI=1S/C15H18F3NO3S/c1-9(15(16,17)18)10-8-23-11-7-19(5-6-21-12(10)11)13(20)22-14(2,3)4/h8H,1,5-7H2,2-4H3. The Labute approximate surface area is 136 Å². The van der Waals surface area contributed by atoms with Gasteiger partial charge in [0.1, 0.15) is 18.0 Å².